The van der Waals surface area contributed by atoms with Crippen molar-refractivity contribution in [2.45, 2.75) is 108 Å². The summed E-state index contributed by atoms with van der Waals surface area (Å²) in [5.74, 6) is -1.21. The van der Waals surface area contributed by atoms with Crippen LogP contribution in [0.4, 0.5) is 17.6 Å². The van der Waals surface area contributed by atoms with E-state index in [0.29, 0.717) is 53.1 Å². The first-order valence-corrected chi connectivity index (χ1v) is 23.5. The number of likely N-dealkylation sites (tertiary alicyclic amines) is 1. The number of rotatable bonds is 12. The SMILES string of the molecule is Cc1ccc([C@H](NC(=O)C2CCCC2)C2CC2)c(F)c1.Cc1ccc([C@H](NC(=O)[C@H]2CCCN2C(=O)c2cccc(C3(F)COC3)c2)C2CC2)c(F)c1.O=C(O)c1cccc(C2(F)COC2)c1. The van der Waals surface area contributed by atoms with Crippen LogP contribution in [0.2, 0.25) is 0 Å². The maximum absolute atomic E-state index is 14.8. The molecule has 3 aliphatic carbocycles. The van der Waals surface area contributed by atoms with Crippen LogP contribution in [0.3, 0.4) is 0 Å². The maximum atomic E-state index is 14.8. The average Bonchev–Trinajstić information content (AvgIpc) is 4.21. The number of benzene rings is 4. The van der Waals surface area contributed by atoms with Gasteiger partial charge in [-0.3, -0.25) is 14.4 Å². The van der Waals surface area contributed by atoms with Crippen LogP contribution in [0.15, 0.2) is 84.9 Å². The van der Waals surface area contributed by atoms with Crippen LogP contribution in [-0.2, 0) is 30.4 Å². The summed E-state index contributed by atoms with van der Waals surface area (Å²) in [6.07, 6.45) is 9.56. The molecule has 3 N–H and O–H groups in total. The van der Waals surface area contributed by atoms with Gasteiger partial charge in [-0.15, -0.1) is 0 Å². The fraction of sp³-hybridized carbons (Fsp3) is 0.472. The number of alkyl halides is 2. The summed E-state index contributed by atoms with van der Waals surface area (Å²) >= 11 is 0. The van der Waals surface area contributed by atoms with Crippen molar-refractivity contribution in [1.29, 1.82) is 0 Å². The van der Waals surface area contributed by atoms with Crippen molar-refractivity contribution >= 4 is 23.7 Å². The normalized spacial score (nSPS) is 21.2. The summed E-state index contributed by atoms with van der Waals surface area (Å²) in [7, 11) is 0. The molecule has 6 fully saturated rings. The van der Waals surface area contributed by atoms with Crippen molar-refractivity contribution in [2.24, 2.45) is 17.8 Å². The van der Waals surface area contributed by atoms with Crippen molar-refractivity contribution in [3.05, 3.63) is 141 Å². The van der Waals surface area contributed by atoms with Gasteiger partial charge in [0.2, 0.25) is 11.8 Å². The van der Waals surface area contributed by atoms with E-state index in [0.717, 1.165) is 62.5 Å². The zero-order chi connectivity index (χ0) is 47.5. The van der Waals surface area contributed by atoms with Crippen molar-refractivity contribution in [2.75, 3.05) is 33.0 Å². The quantitative estimate of drug-likeness (QED) is 0.121. The predicted octanol–water partition coefficient (Wildman–Crippen LogP) is 9.67. The van der Waals surface area contributed by atoms with Gasteiger partial charge in [0.25, 0.3) is 5.91 Å². The zero-order valence-electron chi connectivity index (χ0n) is 38.0. The molecule has 4 aromatic rings. The van der Waals surface area contributed by atoms with Crippen LogP contribution in [0.1, 0.15) is 130 Å². The number of aromatic carboxylic acids is 1. The molecule has 3 heterocycles. The molecule has 10 nitrogen and oxygen atoms in total. The molecule has 0 bridgehead atoms. The molecule has 0 unspecified atom stereocenters. The van der Waals surface area contributed by atoms with Gasteiger partial charge in [-0.2, -0.15) is 0 Å². The summed E-state index contributed by atoms with van der Waals surface area (Å²) in [6, 6.07) is 21.7. The van der Waals surface area contributed by atoms with Crippen LogP contribution in [0.5, 0.6) is 0 Å². The Hall–Kier alpha value is -5.60. The summed E-state index contributed by atoms with van der Waals surface area (Å²) in [5.41, 5.74) is 1.11. The molecular formula is C53H59F4N3O7. The monoisotopic (exact) mass is 925 g/mol. The molecule has 356 valence electrons. The number of carboxylic acids is 1. The van der Waals surface area contributed by atoms with E-state index in [9.17, 15) is 36.7 Å². The Morgan fingerprint density at radius 1 is 0.627 bits per heavy atom. The Labute approximate surface area is 388 Å². The van der Waals surface area contributed by atoms with E-state index in [4.69, 9.17) is 14.6 Å². The van der Waals surface area contributed by atoms with Gasteiger partial charge in [0.05, 0.1) is 44.1 Å². The standard InChI is InChI=1S/C26H28F2N2O3.C17H22FNO.C10H9FO3/c1-16-7-10-20(21(27)12-16)23(17-8-9-17)29-24(31)22-6-3-11-30(22)25(32)18-4-2-5-19(13-18)26(28)14-33-15-26;1-11-6-9-14(15(18)10-11)16(12-7-8-12)19-17(20)13-4-2-3-5-13;11-10(5-14-6-10)8-3-1-2-7(4-8)9(12)13/h2,4-5,7,10,12-13,17,22-23H,3,6,8-9,11,14-15H2,1H3,(H,29,31);6,9-10,12-13,16H,2-5,7-8H2,1H3,(H,19,20);1-4H,5-6H2,(H,12,13)/t22-,23-;16-;/m11./s1. The summed E-state index contributed by atoms with van der Waals surface area (Å²) in [6.45, 7) is 4.16. The number of nitrogens with zero attached hydrogens (tertiary/aromatic N) is 1. The molecule has 3 saturated heterocycles. The molecular weight excluding hydrogens is 867 g/mol. The van der Waals surface area contributed by atoms with Gasteiger partial charge in [-0.05, 0) is 136 Å². The van der Waals surface area contributed by atoms with Crippen LogP contribution < -0.4 is 10.6 Å². The number of ether oxygens (including phenoxy) is 2. The molecule has 6 aliphatic rings. The second-order valence-electron chi connectivity index (χ2n) is 19.2. The number of carbonyl (C=O) groups is 4. The first-order valence-electron chi connectivity index (χ1n) is 23.5. The number of hydrogen-bond acceptors (Lipinski definition) is 6. The fourth-order valence-corrected chi connectivity index (χ4v) is 9.44. The van der Waals surface area contributed by atoms with E-state index in [1.54, 1.807) is 53.4 Å². The highest BCUT2D eigenvalue weighted by Crippen LogP contribution is 2.44. The second kappa shape index (κ2) is 20.3. The minimum absolute atomic E-state index is 0.00999. The third-order valence-corrected chi connectivity index (χ3v) is 13.9. The Bertz CT molecular complexity index is 2460. The molecule has 3 amide bonds. The van der Waals surface area contributed by atoms with Gasteiger partial charge in [-0.1, -0.05) is 61.4 Å². The Morgan fingerprint density at radius 3 is 1.55 bits per heavy atom. The smallest absolute Gasteiger partial charge is 0.335 e. The number of amides is 3. The second-order valence-corrected chi connectivity index (χ2v) is 19.2. The highest BCUT2D eigenvalue weighted by atomic mass is 19.2. The van der Waals surface area contributed by atoms with Crippen LogP contribution in [0.25, 0.3) is 0 Å². The average molecular weight is 926 g/mol. The summed E-state index contributed by atoms with van der Waals surface area (Å²) in [4.78, 5) is 51.0. The van der Waals surface area contributed by atoms with Crippen molar-refractivity contribution in [1.82, 2.24) is 15.5 Å². The molecule has 0 radical (unpaired) electrons. The molecule has 0 spiro atoms. The number of aryl methyl sites for hydroxylation is 2. The summed E-state index contributed by atoms with van der Waals surface area (Å²) in [5, 5.41) is 14.9. The predicted molar refractivity (Wildman–Crippen MR) is 243 cm³/mol. The highest BCUT2D eigenvalue weighted by Gasteiger charge is 2.44. The van der Waals surface area contributed by atoms with Crippen LogP contribution >= 0.6 is 0 Å². The van der Waals surface area contributed by atoms with E-state index in [2.05, 4.69) is 10.6 Å². The van der Waals surface area contributed by atoms with Gasteiger partial charge in [0, 0.05) is 29.2 Å². The van der Waals surface area contributed by atoms with Gasteiger partial charge in [0.1, 0.15) is 17.7 Å². The zero-order valence-corrected chi connectivity index (χ0v) is 38.0. The molecule has 10 rings (SSSR count). The van der Waals surface area contributed by atoms with Crippen molar-refractivity contribution in [3.63, 3.8) is 0 Å². The molecule has 3 atom stereocenters. The van der Waals surface area contributed by atoms with Gasteiger partial charge >= 0.3 is 5.97 Å². The van der Waals surface area contributed by atoms with E-state index < -0.39 is 29.4 Å². The fourth-order valence-electron chi connectivity index (χ4n) is 9.44. The maximum Gasteiger partial charge on any atom is 0.335 e. The summed E-state index contributed by atoms with van der Waals surface area (Å²) < 4.78 is 67.1. The number of carbonyl (C=O) groups excluding carboxylic acids is 3. The largest absolute Gasteiger partial charge is 0.478 e. The van der Waals surface area contributed by atoms with E-state index >= 15 is 0 Å². The number of halogens is 4. The van der Waals surface area contributed by atoms with Gasteiger partial charge in [0.15, 0.2) is 11.3 Å². The first-order chi connectivity index (χ1) is 32.1. The minimum atomic E-state index is -1.56. The Kier molecular flexibility index (Phi) is 14.5. The van der Waals surface area contributed by atoms with E-state index in [1.165, 1.54) is 18.2 Å². The molecule has 14 heteroatoms. The van der Waals surface area contributed by atoms with Crippen molar-refractivity contribution in [3.8, 4) is 0 Å². The molecule has 67 heavy (non-hydrogen) atoms. The van der Waals surface area contributed by atoms with Crippen molar-refractivity contribution < 1.29 is 51.3 Å². The first kappa shape index (κ1) is 47.9. The van der Waals surface area contributed by atoms with Crippen LogP contribution in [-0.4, -0.2) is 72.7 Å². The van der Waals surface area contributed by atoms with E-state index in [1.807, 2.05) is 32.0 Å². The number of hydrogen-bond donors (Lipinski definition) is 3. The molecule has 4 aromatic carbocycles. The van der Waals surface area contributed by atoms with Crippen LogP contribution in [0, 0.1) is 43.2 Å². The Balaban J connectivity index is 0.000000151. The third-order valence-electron chi connectivity index (χ3n) is 13.9. The lowest BCUT2D eigenvalue weighted by Crippen LogP contribution is -2.47. The molecule has 3 saturated carbocycles. The minimum Gasteiger partial charge on any atom is -0.478 e. The van der Waals surface area contributed by atoms with E-state index in [-0.39, 0.29) is 79.2 Å². The topological polar surface area (TPSA) is 134 Å². The number of nitrogens with one attached hydrogen (secondary N) is 2. The lowest BCUT2D eigenvalue weighted by molar-refractivity contribution is -0.135. The lowest BCUT2D eigenvalue weighted by Gasteiger charge is -2.34. The molecule has 0 aromatic heterocycles. The third kappa shape index (κ3) is 11.2. The van der Waals surface area contributed by atoms with Gasteiger partial charge in [-0.25, -0.2) is 22.4 Å². The Morgan fingerprint density at radius 2 is 1.10 bits per heavy atom. The lowest BCUT2D eigenvalue weighted by atomic mass is 9.92. The highest BCUT2D eigenvalue weighted by molar-refractivity contribution is 5.98. The molecule has 3 aliphatic heterocycles. The van der Waals surface area contributed by atoms with Gasteiger partial charge < -0.3 is 30.1 Å². The number of carboxylic acid groups (broad SMARTS) is 1.